The number of likely N-dealkylation sites (N-methyl/N-ethyl adjacent to an activating group) is 1. The van der Waals surface area contributed by atoms with E-state index in [-0.39, 0.29) is 0 Å². The van der Waals surface area contributed by atoms with E-state index in [1.54, 1.807) is 18.3 Å². The molecular formula is C21H22ClN3O. The number of para-hydroxylation sites is 1. The van der Waals surface area contributed by atoms with Crippen LogP contribution in [0.4, 0.5) is 0 Å². The SMILES string of the molecule is CCN(CC)CCn1c2ccccc2c2c[n+]([O-])c3ccc(Cl)cc3c21. The zero-order valence-electron chi connectivity index (χ0n) is 15.1. The van der Waals surface area contributed by atoms with Gasteiger partial charge in [0.2, 0.25) is 5.52 Å². The van der Waals surface area contributed by atoms with Gasteiger partial charge in [-0.15, -0.1) is 0 Å². The van der Waals surface area contributed by atoms with Gasteiger partial charge in [0.25, 0.3) is 0 Å². The minimum atomic E-state index is 0.644. The maximum Gasteiger partial charge on any atom is 0.226 e. The summed E-state index contributed by atoms with van der Waals surface area (Å²) in [4.78, 5) is 2.41. The predicted octanol–water partition coefficient (Wildman–Crippen LogP) is 4.58. The van der Waals surface area contributed by atoms with Gasteiger partial charge in [0, 0.05) is 35.1 Å². The van der Waals surface area contributed by atoms with Crippen molar-refractivity contribution >= 4 is 44.3 Å². The lowest BCUT2D eigenvalue weighted by molar-refractivity contribution is -0.575. The van der Waals surface area contributed by atoms with Crippen LogP contribution in [0.5, 0.6) is 0 Å². The molecule has 0 aliphatic rings. The summed E-state index contributed by atoms with van der Waals surface area (Å²) < 4.78 is 3.29. The minimum absolute atomic E-state index is 0.644. The van der Waals surface area contributed by atoms with Crippen molar-refractivity contribution in [2.24, 2.45) is 0 Å². The van der Waals surface area contributed by atoms with Gasteiger partial charge >= 0.3 is 0 Å². The number of benzene rings is 2. The quantitative estimate of drug-likeness (QED) is 0.382. The second-order valence-electron chi connectivity index (χ2n) is 6.57. The lowest BCUT2D eigenvalue weighted by Crippen LogP contribution is -2.28. The fourth-order valence-corrected chi connectivity index (χ4v) is 4.01. The zero-order chi connectivity index (χ0) is 18.3. The molecule has 0 fully saturated rings. The summed E-state index contributed by atoms with van der Waals surface area (Å²) in [6.45, 7) is 8.27. The van der Waals surface area contributed by atoms with Gasteiger partial charge in [-0.3, -0.25) is 0 Å². The first-order valence-corrected chi connectivity index (χ1v) is 9.46. The van der Waals surface area contributed by atoms with E-state index >= 15 is 0 Å². The lowest BCUT2D eigenvalue weighted by atomic mass is 10.1. The third kappa shape index (κ3) is 2.70. The van der Waals surface area contributed by atoms with E-state index in [0.717, 1.165) is 58.1 Å². The summed E-state index contributed by atoms with van der Waals surface area (Å²) in [5.41, 5.74) is 2.89. The number of halogens is 1. The Labute approximate surface area is 157 Å². The number of nitrogens with zero attached hydrogens (tertiary/aromatic N) is 3. The molecule has 0 atom stereocenters. The lowest BCUT2D eigenvalue weighted by Gasteiger charge is -2.19. The molecule has 2 aromatic heterocycles. The van der Waals surface area contributed by atoms with Crippen molar-refractivity contribution < 1.29 is 4.73 Å². The van der Waals surface area contributed by atoms with Gasteiger partial charge in [-0.1, -0.05) is 43.6 Å². The first kappa shape index (κ1) is 17.1. The van der Waals surface area contributed by atoms with Gasteiger partial charge in [0.1, 0.15) is 0 Å². The first-order valence-electron chi connectivity index (χ1n) is 9.08. The Bertz CT molecular complexity index is 1100. The summed E-state index contributed by atoms with van der Waals surface area (Å²) in [6.07, 6.45) is 1.70. The Kier molecular flexibility index (Phi) is 4.47. The number of hydrogen-bond donors (Lipinski definition) is 0. The summed E-state index contributed by atoms with van der Waals surface area (Å²) >= 11 is 6.27. The number of aromatic nitrogens is 2. The van der Waals surface area contributed by atoms with Crippen LogP contribution in [0.15, 0.2) is 48.7 Å². The average Bonchev–Trinajstić information content (AvgIpc) is 2.96. The van der Waals surface area contributed by atoms with Crippen molar-refractivity contribution in [1.82, 2.24) is 9.47 Å². The van der Waals surface area contributed by atoms with Crippen LogP contribution in [-0.2, 0) is 6.54 Å². The van der Waals surface area contributed by atoms with E-state index < -0.39 is 0 Å². The summed E-state index contributed by atoms with van der Waals surface area (Å²) in [5.74, 6) is 0. The van der Waals surface area contributed by atoms with E-state index in [9.17, 15) is 5.21 Å². The average molecular weight is 368 g/mol. The normalized spacial score (nSPS) is 12.0. The highest BCUT2D eigenvalue weighted by molar-refractivity contribution is 6.31. The maximum absolute atomic E-state index is 12.6. The van der Waals surface area contributed by atoms with Crippen LogP contribution in [0.2, 0.25) is 5.02 Å². The molecule has 5 heteroatoms. The molecule has 0 bridgehead atoms. The Hall–Kier alpha value is -2.30. The van der Waals surface area contributed by atoms with Crippen LogP contribution in [0.3, 0.4) is 0 Å². The van der Waals surface area contributed by atoms with Crippen molar-refractivity contribution in [3.63, 3.8) is 0 Å². The molecule has 26 heavy (non-hydrogen) atoms. The van der Waals surface area contributed by atoms with E-state index in [2.05, 4.69) is 41.5 Å². The summed E-state index contributed by atoms with van der Waals surface area (Å²) in [6, 6.07) is 13.8. The summed E-state index contributed by atoms with van der Waals surface area (Å²) in [7, 11) is 0. The highest BCUT2D eigenvalue weighted by Gasteiger charge is 2.19. The number of fused-ring (bicyclic) bond motifs is 5. The molecule has 0 aliphatic carbocycles. The number of hydrogen-bond acceptors (Lipinski definition) is 2. The fraction of sp³-hybridized carbons (Fsp3) is 0.286. The molecule has 4 rings (SSSR count). The Balaban J connectivity index is 2.05. The Morgan fingerprint density at radius 1 is 1.04 bits per heavy atom. The Morgan fingerprint density at radius 2 is 1.81 bits per heavy atom. The molecule has 0 amide bonds. The molecule has 2 heterocycles. The van der Waals surface area contributed by atoms with Crippen LogP contribution in [0.25, 0.3) is 32.7 Å². The molecule has 134 valence electrons. The number of pyridine rings is 1. The molecule has 0 spiro atoms. The molecule has 0 N–H and O–H groups in total. The van der Waals surface area contributed by atoms with Crippen molar-refractivity contribution in [3.8, 4) is 0 Å². The topological polar surface area (TPSA) is 35.1 Å². The van der Waals surface area contributed by atoms with Gasteiger partial charge in [-0.25, -0.2) is 0 Å². The third-order valence-corrected chi connectivity index (χ3v) is 5.48. The van der Waals surface area contributed by atoms with Gasteiger partial charge in [0.15, 0.2) is 6.20 Å². The molecule has 2 aromatic carbocycles. The van der Waals surface area contributed by atoms with Crippen molar-refractivity contribution in [3.05, 3.63) is 58.9 Å². The molecular weight excluding hydrogens is 346 g/mol. The fourth-order valence-electron chi connectivity index (χ4n) is 3.84. The first-order chi connectivity index (χ1) is 12.6. The molecule has 4 nitrogen and oxygen atoms in total. The van der Waals surface area contributed by atoms with Crippen LogP contribution in [0, 0.1) is 5.21 Å². The highest BCUT2D eigenvalue weighted by atomic mass is 35.5. The molecule has 0 aliphatic heterocycles. The predicted molar refractivity (Wildman–Crippen MR) is 109 cm³/mol. The van der Waals surface area contributed by atoms with Gasteiger partial charge in [-0.2, -0.15) is 4.73 Å². The molecule has 0 radical (unpaired) electrons. The maximum atomic E-state index is 12.6. The van der Waals surface area contributed by atoms with Crippen molar-refractivity contribution in [1.29, 1.82) is 0 Å². The second kappa shape index (κ2) is 6.78. The van der Waals surface area contributed by atoms with Crippen molar-refractivity contribution in [2.75, 3.05) is 19.6 Å². The zero-order valence-corrected chi connectivity index (χ0v) is 15.8. The third-order valence-electron chi connectivity index (χ3n) is 5.24. The summed E-state index contributed by atoms with van der Waals surface area (Å²) in [5, 5.41) is 16.2. The molecule has 4 aromatic rings. The second-order valence-corrected chi connectivity index (χ2v) is 7.01. The van der Waals surface area contributed by atoms with Crippen LogP contribution in [-0.4, -0.2) is 29.1 Å². The minimum Gasteiger partial charge on any atom is -0.618 e. The van der Waals surface area contributed by atoms with E-state index in [1.807, 2.05) is 12.1 Å². The highest BCUT2D eigenvalue weighted by Crippen LogP contribution is 2.33. The Morgan fingerprint density at radius 3 is 2.58 bits per heavy atom. The molecule has 0 saturated heterocycles. The van der Waals surface area contributed by atoms with E-state index in [0.29, 0.717) is 10.5 Å². The van der Waals surface area contributed by atoms with Crippen LogP contribution >= 0.6 is 11.6 Å². The molecule has 0 unspecified atom stereocenters. The smallest absolute Gasteiger partial charge is 0.226 e. The van der Waals surface area contributed by atoms with Crippen LogP contribution < -0.4 is 4.73 Å². The monoisotopic (exact) mass is 367 g/mol. The van der Waals surface area contributed by atoms with Crippen LogP contribution in [0.1, 0.15) is 13.8 Å². The molecule has 0 saturated carbocycles. The van der Waals surface area contributed by atoms with E-state index in [1.165, 1.54) is 0 Å². The van der Waals surface area contributed by atoms with Gasteiger partial charge in [-0.05, 0) is 31.3 Å². The number of rotatable bonds is 5. The van der Waals surface area contributed by atoms with Gasteiger partial charge in [0.05, 0.1) is 16.3 Å². The standard InChI is InChI=1S/C21H22ClN3O/c1-3-23(4-2)11-12-24-19-8-6-5-7-16(19)18-14-25(26)20-10-9-15(22)13-17(20)21(18)24/h5-10,13-14H,3-4,11-12H2,1-2H3. The van der Waals surface area contributed by atoms with Gasteiger partial charge < -0.3 is 14.7 Å². The van der Waals surface area contributed by atoms with Crippen molar-refractivity contribution in [2.45, 2.75) is 20.4 Å². The van der Waals surface area contributed by atoms with E-state index in [4.69, 9.17) is 11.6 Å². The largest absolute Gasteiger partial charge is 0.618 e.